The van der Waals surface area contributed by atoms with E-state index in [0.29, 0.717) is 17.5 Å². The number of ether oxygens (including phenoxy) is 2. The second-order valence-electron chi connectivity index (χ2n) is 7.78. The highest BCUT2D eigenvalue weighted by molar-refractivity contribution is 6.31. The molecular weight excluding hydrogens is 400 g/mol. The van der Waals surface area contributed by atoms with Crippen LogP contribution in [0.4, 0.5) is 0 Å². The molecule has 0 bridgehead atoms. The number of hydrogen-bond acceptors (Lipinski definition) is 5. The van der Waals surface area contributed by atoms with Gasteiger partial charge in [-0.25, -0.2) is 4.98 Å². The predicted molar refractivity (Wildman–Crippen MR) is 117 cm³/mol. The molecule has 0 saturated carbocycles. The zero-order chi connectivity index (χ0) is 20.7. The molecule has 6 nitrogen and oxygen atoms in total. The third-order valence-corrected chi connectivity index (χ3v) is 5.98. The van der Waals surface area contributed by atoms with Crippen LogP contribution >= 0.6 is 11.6 Å². The van der Waals surface area contributed by atoms with Gasteiger partial charge in [0.2, 0.25) is 0 Å². The second kappa shape index (κ2) is 7.85. The SMILES string of the molecule is COc1ccc(Cc2nc3cnc4ccc(Cl)cc4c3n2[C@@H]2CCO[C@H](C)C2)nc1. The first-order valence-corrected chi connectivity index (χ1v) is 10.6. The molecule has 5 rings (SSSR count). The van der Waals surface area contributed by atoms with Gasteiger partial charge in [-0.05, 0) is 50.1 Å². The summed E-state index contributed by atoms with van der Waals surface area (Å²) in [7, 11) is 1.64. The standard InChI is InChI=1S/C23H23ClN4O2/c1-14-9-17(7-8-30-14)28-22(11-16-4-5-18(29-2)12-25-16)27-21-13-26-20-6-3-15(24)10-19(20)23(21)28/h3-6,10,12-14,17H,7-9,11H2,1-2H3/t14-,17-/m1/s1. The molecule has 3 aromatic heterocycles. The van der Waals surface area contributed by atoms with Gasteiger partial charge in [-0.2, -0.15) is 0 Å². The zero-order valence-electron chi connectivity index (χ0n) is 17.0. The van der Waals surface area contributed by atoms with Gasteiger partial charge in [0.05, 0.1) is 36.6 Å². The van der Waals surface area contributed by atoms with Crippen molar-refractivity contribution in [3.05, 3.63) is 59.3 Å². The summed E-state index contributed by atoms with van der Waals surface area (Å²) in [6, 6.07) is 10.1. The normalized spacial score (nSPS) is 19.4. The van der Waals surface area contributed by atoms with Crippen molar-refractivity contribution < 1.29 is 9.47 Å². The van der Waals surface area contributed by atoms with E-state index in [2.05, 4.69) is 21.5 Å². The highest BCUT2D eigenvalue weighted by Crippen LogP contribution is 2.34. The van der Waals surface area contributed by atoms with Gasteiger partial charge in [-0.3, -0.25) is 9.97 Å². The zero-order valence-corrected chi connectivity index (χ0v) is 17.8. The molecule has 1 aromatic carbocycles. The fourth-order valence-electron chi connectivity index (χ4n) is 4.32. The van der Waals surface area contributed by atoms with Crippen LogP contribution in [0.15, 0.2) is 42.7 Å². The van der Waals surface area contributed by atoms with Crippen molar-refractivity contribution >= 4 is 33.5 Å². The van der Waals surface area contributed by atoms with Gasteiger partial charge in [-0.15, -0.1) is 0 Å². The Morgan fingerprint density at radius 2 is 2.07 bits per heavy atom. The third kappa shape index (κ3) is 3.50. The summed E-state index contributed by atoms with van der Waals surface area (Å²) < 4.78 is 13.4. The van der Waals surface area contributed by atoms with Gasteiger partial charge >= 0.3 is 0 Å². The number of aromatic nitrogens is 4. The maximum absolute atomic E-state index is 6.35. The minimum atomic E-state index is 0.213. The Labute approximate surface area is 179 Å². The van der Waals surface area contributed by atoms with Crippen molar-refractivity contribution in [2.45, 2.75) is 38.3 Å². The summed E-state index contributed by atoms with van der Waals surface area (Å²) in [5, 5.41) is 1.73. The Balaban J connectivity index is 1.69. The topological polar surface area (TPSA) is 62.1 Å². The molecule has 0 unspecified atom stereocenters. The van der Waals surface area contributed by atoms with E-state index in [1.165, 1.54) is 0 Å². The highest BCUT2D eigenvalue weighted by atomic mass is 35.5. The van der Waals surface area contributed by atoms with E-state index in [9.17, 15) is 0 Å². The van der Waals surface area contributed by atoms with Crippen molar-refractivity contribution in [1.29, 1.82) is 0 Å². The van der Waals surface area contributed by atoms with Crippen LogP contribution in [0, 0.1) is 0 Å². The monoisotopic (exact) mass is 422 g/mol. The number of methoxy groups -OCH3 is 1. The van der Waals surface area contributed by atoms with Crippen LogP contribution in [0.25, 0.3) is 21.9 Å². The van der Waals surface area contributed by atoms with Crippen molar-refractivity contribution in [2.75, 3.05) is 13.7 Å². The average Bonchev–Trinajstić information content (AvgIpc) is 3.12. The fraction of sp³-hybridized carbons (Fsp3) is 0.348. The lowest BCUT2D eigenvalue weighted by Gasteiger charge is -2.30. The molecular formula is C23H23ClN4O2. The van der Waals surface area contributed by atoms with Crippen LogP contribution in [0.5, 0.6) is 5.75 Å². The number of pyridine rings is 2. The van der Waals surface area contributed by atoms with Crippen LogP contribution in [0.1, 0.15) is 37.3 Å². The highest BCUT2D eigenvalue weighted by Gasteiger charge is 2.26. The minimum Gasteiger partial charge on any atom is -0.495 e. The van der Waals surface area contributed by atoms with E-state index in [0.717, 1.165) is 58.7 Å². The minimum absolute atomic E-state index is 0.213. The molecule has 1 saturated heterocycles. The molecule has 4 heterocycles. The van der Waals surface area contributed by atoms with E-state index >= 15 is 0 Å². The predicted octanol–water partition coefficient (Wildman–Crippen LogP) is 4.97. The molecule has 4 aromatic rings. The van der Waals surface area contributed by atoms with Crippen LogP contribution < -0.4 is 4.74 Å². The second-order valence-corrected chi connectivity index (χ2v) is 8.21. The Kier molecular flexibility index (Phi) is 5.05. The Morgan fingerprint density at radius 3 is 2.83 bits per heavy atom. The van der Waals surface area contributed by atoms with Crippen LogP contribution in [0.2, 0.25) is 5.02 Å². The average molecular weight is 423 g/mol. The molecule has 1 aliphatic heterocycles. The van der Waals surface area contributed by atoms with Crippen molar-refractivity contribution in [3.63, 3.8) is 0 Å². The van der Waals surface area contributed by atoms with Gasteiger partial charge in [0.25, 0.3) is 0 Å². The van der Waals surface area contributed by atoms with Crippen molar-refractivity contribution in [3.8, 4) is 5.75 Å². The number of imidazole rings is 1. The number of nitrogens with zero attached hydrogens (tertiary/aromatic N) is 4. The molecule has 30 heavy (non-hydrogen) atoms. The third-order valence-electron chi connectivity index (χ3n) is 5.75. The molecule has 0 aliphatic carbocycles. The van der Waals surface area contributed by atoms with Crippen molar-refractivity contribution in [2.24, 2.45) is 0 Å². The van der Waals surface area contributed by atoms with Gasteiger partial charge in [0.1, 0.15) is 17.1 Å². The summed E-state index contributed by atoms with van der Waals surface area (Å²) >= 11 is 6.35. The molecule has 0 spiro atoms. The largest absolute Gasteiger partial charge is 0.495 e. The molecule has 7 heteroatoms. The van der Waals surface area contributed by atoms with Crippen LogP contribution in [-0.2, 0) is 11.2 Å². The maximum Gasteiger partial charge on any atom is 0.137 e. The number of benzene rings is 1. The maximum atomic E-state index is 6.35. The van der Waals surface area contributed by atoms with Gasteiger partial charge in [0, 0.05) is 35.2 Å². The van der Waals surface area contributed by atoms with Gasteiger partial charge in [0.15, 0.2) is 0 Å². The molecule has 1 aliphatic rings. The lowest BCUT2D eigenvalue weighted by atomic mass is 10.0. The smallest absolute Gasteiger partial charge is 0.137 e. The lowest BCUT2D eigenvalue weighted by Crippen LogP contribution is -2.26. The summed E-state index contributed by atoms with van der Waals surface area (Å²) in [6.07, 6.45) is 6.34. The summed E-state index contributed by atoms with van der Waals surface area (Å²) in [4.78, 5) is 14.1. The molecule has 1 fully saturated rings. The van der Waals surface area contributed by atoms with E-state index < -0.39 is 0 Å². The molecule has 0 N–H and O–H groups in total. The molecule has 154 valence electrons. The number of fused-ring (bicyclic) bond motifs is 3. The van der Waals surface area contributed by atoms with Crippen LogP contribution in [0.3, 0.4) is 0 Å². The van der Waals surface area contributed by atoms with E-state index in [1.54, 1.807) is 13.3 Å². The summed E-state index contributed by atoms with van der Waals surface area (Å²) in [5.74, 6) is 1.73. The van der Waals surface area contributed by atoms with E-state index in [4.69, 9.17) is 26.1 Å². The van der Waals surface area contributed by atoms with Gasteiger partial charge < -0.3 is 14.0 Å². The number of rotatable bonds is 4. The Morgan fingerprint density at radius 1 is 1.17 bits per heavy atom. The Bertz CT molecular complexity index is 1210. The lowest BCUT2D eigenvalue weighted by molar-refractivity contribution is 0.00631. The molecule has 2 atom stereocenters. The summed E-state index contributed by atoms with van der Waals surface area (Å²) in [5.41, 5.74) is 3.84. The molecule has 0 amide bonds. The summed E-state index contributed by atoms with van der Waals surface area (Å²) in [6.45, 7) is 2.88. The van der Waals surface area contributed by atoms with Crippen molar-refractivity contribution in [1.82, 2.24) is 19.5 Å². The quantitative estimate of drug-likeness (QED) is 0.464. The fourth-order valence-corrected chi connectivity index (χ4v) is 4.49. The van der Waals surface area contributed by atoms with E-state index in [1.807, 2.05) is 36.5 Å². The first-order valence-electron chi connectivity index (χ1n) is 10.2. The van der Waals surface area contributed by atoms with Gasteiger partial charge in [-0.1, -0.05) is 11.6 Å². The van der Waals surface area contributed by atoms with E-state index in [-0.39, 0.29) is 6.10 Å². The molecule has 0 radical (unpaired) electrons. The van der Waals surface area contributed by atoms with Crippen LogP contribution in [-0.4, -0.2) is 39.3 Å². The first-order chi connectivity index (χ1) is 14.6. The number of hydrogen-bond donors (Lipinski definition) is 0. The Hall–Kier alpha value is -2.70. The first kappa shape index (κ1) is 19.3. The number of halogens is 1.